The van der Waals surface area contributed by atoms with Gasteiger partial charge in [0.1, 0.15) is 10.6 Å². The van der Waals surface area contributed by atoms with Crippen molar-refractivity contribution in [1.29, 1.82) is 0 Å². The van der Waals surface area contributed by atoms with Crippen molar-refractivity contribution in [3.8, 4) is 5.75 Å². The number of urea groups is 1. The minimum absolute atomic E-state index is 0.214. The summed E-state index contributed by atoms with van der Waals surface area (Å²) in [6, 6.07) is 10.1. The molecule has 156 valence electrons. The normalized spacial score (nSPS) is 15.6. The standard InChI is InChI=1S/C20H26N4O4S/c1-2-28-18-7-5-17(6-8-18)23-20(25)22-14-16-9-12-24(13-10-16)29(26,27)19-4-3-11-21-15-19/h3-8,11,15-16H,2,9-10,12-14H2,1H3,(H2,22,23,25). The number of amides is 2. The number of piperidine rings is 1. The van der Waals surface area contributed by atoms with E-state index in [-0.39, 0.29) is 16.8 Å². The van der Waals surface area contributed by atoms with Gasteiger partial charge in [0.25, 0.3) is 0 Å². The zero-order valence-corrected chi connectivity index (χ0v) is 17.2. The monoisotopic (exact) mass is 418 g/mol. The third-order valence-corrected chi connectivity index (χ3v) is 6.70. The maximum Gasteiger partial charge on any atom is 0.319 e. The number of aromatic nitrogens is 1. The number of hydrogen-bond donors (Lipinski definition) is 2. The molecule has 9 heteroatoms. The van der Waals surface area contributed by atoms with Crippen LogP contribution < -0.4 is 15.4 Å². The van der Waals surface area contributed by atoms with Gasteiger partial charge in [-0.25, -0.2) is 13.2 Å². The van der Waals surface area contributed by atoms with Gasteiger partial charge in [-0.3, -0.25) is 4.98 Å². The van der Waals surface area contributed by atoms with Crippen LogP contribution in [0.2, 0.25) is 0 Å². The summed E-state index contributed by atoms with van der Waals surface area (Å²) in [4.78, 5) is 16.2. The smallest absolute Gasteiger partial charge is 0.319 e. The zero-order valence-electron chi connectivity index (χ0n) is 16.4. The molecule has 1 saturated heterocycles. The van der Waals surface area contributed by atoms with Gasteiger partial charge < -0.3 is 15.4 Å². The van der Waals surface area contributed by atoms with E-state index in [1.54, 1.807) is 42.6 Å². The SMILES string of the molecule is CCOc1ccc(NC(=O)NCC2CCN(S(=O)(=O)c3cccnc3)CC2)cc1. The fourth-order valence-corrected chi connectivity index (χ4v) is 4.65. The molecule has 1 fully saturated rings. The third kappa shape index (κ3) is 5.68. The Hall–Kier alpha value is -2.65. The molecule has 0 spiro atoms. The average molecular weight is 419 g/mol. The number of rotatable bonds is 7. The topological polar surface area (TPSA) is 101 Å². The van der Waals surface area contributed by atoms with E-state index in [9.17, 15) is 13.2 Å². The van der Waals surface area contributed by atoms with Crippen LogP contribution in [0.25, 0.3) is 0 Å². The number of anilines is 1. The number of hydrogen-bond acceptors (Lipinski definition) is 5. The minimum Gasteiger partial charge on any atom is -0.494 e. The van der Waals surface area contributed by atoms with E-state index in [1.807, 2.05) is 6.92 Å². The molecule has 1 aromatic carbocycles. The van der Waals surface area contributed by atoms with Crippen LogP contribution in [-0.4, -0.2) is 50.0 Å². The van der Waals surface area contributed by atoms with E-state index in [2.05, 4.69) is 15.6 Å². The minimum atomic E-state index is -3.50. The van der Waals surface area contributed by atoms with Gasteiger partial charge in [-0.05, 0) is 62.1 Å². The maximum absolute atomic E-state index is 12.6. The number of nitrogens with one attached hydrogen (secondary N) is 2. The molecular formula is C20H26N4O4S. The highest BCUT2D eigenvalue weighted by atomic mass is 32.2. The van der Waals surface area contributed by atoms with Crippen molar-refractivity contribution in [3.63, 3.8) is 0 Å². The summed E-state index contributed by atoms with van der Waals surface area (Å²) in [5, 5.41) is 5.65. The van der Waals surface area contributed by atoms with Crippen molar-refractivity contribution < 1.29 is 17.9 Å². The Morgan fingerprint density at radius 1 is 1.21 bits per heavy atom. The first kappa shape index (κ1) is 21.1. The molecule has 2 N–H and O–H groups in total. The molecule has 2 aromatic rings. The number of carbonyl (C=O) groups excluding carboxylic acids is 1. The van der Waals surface area contributed by atoms with Crippen LogP contribution in [0.3, 0.4) is 0 Å². The van der Waals surface area contributed by atoms with Crippen molar-refractivity contribution in [3.05, 3.63) is 48.8 Å². The van der Waals surface area contributed by atoms with Gasteiger partial charge in [0.15, 0.2) is 0 Å². The highest BCUT2D eigenvalue weighted by molar-refractivity contribution is 7.89. The summed E-state index contributed by atoms with van der Waals surface area (Å²) < 4.78 is 32.1. The van der Waals surface area contributed by atoms with Crippen LogP contribution >= 0.6 is 0 Å². The van der Waals surface area contributed by atoms with Gasteiger partial charge in [0.05, 0.1) is 6.61 Å². The fraction of sp³-hybridized carbons (Fsp3) is 0.400. The number of benzene rings is 1. The molecule has 2 heterocycles. The summed E-state index contributed by atoms with van der Waals surface area (Å²) in [5.74, 6) is 0.993. The maximum atomic E-state index is 12.6. The summed E-state index contributed by atoms with van der Waals surface area (Å²) in [5.41, 5.74) is 0.684. The van der Waals surface area contributed by atoms with E-state index in [4.69, 9.17) is 4.74 Å². The molecule has 1 aliphatic heterocycles. The number of ether oxygens (including phenoxy) is 1. The molecule has 2 amide bonds. The Bertz CT molecular complexity index is 896. The fourth-order valence-electron chi connectivity index (χ4n) is 3.22. The highest BCUT2D eigenvalue weighted by Crippen LogP contribution is 2.23. The molecule has 0 unspecified atom stereocenters. The van der Waals surface area contributed by atoms with Crippen molar-refractivity contribution in [2.24, 2.45) is 5.92 Å². The van der Waals surface area contributed by atoms with Crippen LogP contribution in [0.4, 0.5) is 10.5 Å². The zero-order chi connectivity index (χ0) is 20.7. The van der Waals surface area contributed by atoms with Gasteiger partial charge >= 0.3 is 6.03 Å². The highest BCUT2D eigenvalue weighted by Gasteiger charge is 2.29. The van der Waals surface area contributed by atoms with Crippen LogP contribution in [0, 0.1) is 5.92 Å². The van der Waals surface area contributed by atoms with Crippen molar-refractivity contribution in [2.75, 3.05) is 31.6 Å². The second kappa shape index (κ2) is 9.71. The Morgan fingerprint density at radius 3 is 2.55 bits per heavy atom. The van der Waals surface area contributed by atoms with Gasteiger partial charge in [-0.1, -0.05) is 0 Å². The van der Waals surface area contributed by atoms with Crippen LogP contribution in [0.1, 0.15) is 19.8 Å². The molecular weight excluding hydrogens is 392 g/mol. The predicted molar refractivity (Wildman–Crippen MR) is 110 cm³/mol. The van der Waals surface area contributed by atoms with Gasteiger partial charge in [0.2, 0.25) is 10.0 Å². The number of nitrogens with zero attached hydrogens (tertiary/aromatic N) is 2. The quantitative estimate of drug-likeness (QED) is 0.720. The molecule has 3 rings (SSSR count). The van der Waals surface area contributed by atoms with Crippen molar-refractivity contribution >= 4 is 21.7 Å². The molecule has 1 aliphatic rings. The van der Waals surface area contributed by atoms with Gasteiger partial charge in [0, 0.05) is 37.7 Å². The Balaban J connectivity index is 1.43. The molecule has 0 bridgehead atoms. The van der Waals surface area contributed by atoms with Crippen LogP contribution in [-0.2, 0) is 10.0 Å². The first-order chi connectivity index (χ1) is 14.0. The summed E-state index contributed by atoms with van der Waals surface area (Å²) in [6.45, 7) is 3.88. The number of pyridine rings is 1. The first-order valence-electron chi connectivity index (χ1n) is 9.67. The lowest BCUT2D eigenvalue weighted by atomic mass is 9.98. The first-order valence-corrected chi connectivity index (χ1v) is 11.1. The average Bonchev–Trinajstić information content (AvgIpc) is 2.75. The molecule has 1 aromatic heterocycles. The Morgan fingerprint density at radius 2 is 1.93 bits per heavy atom. The van der Waals surface area contributed by atoms with E-state index >= 15 is 0 Å². The van der Waals surface area contributed by atoms with Crippen molar-refractivity contribution in [1.82, 2.24) is 14.6 Å². The number of carbonyl (C=O) groups is 1. The van der Waals surface area contributed by atoms with Crippen LogP contribution in [0.15, 0.2) is 53.7 Å². The van der Waals surface area contributed by atoms with Gasteiger partial charge in [-0.2, -0.15) is 4.31 Å². The van der Waals surface area contributed by atoms with E-state index in [0.717, 1.165) is 5.75 Å². The Labute approximate surface area is 171 Å². The molecule has 0 radical (unpaired) electrons. The molecule has 0 atom stereocenters. The summed E-state index contributed by atoms with van der Waals surface area (Å²) in [7, 11) is -3.50. The van der Waals surface area contributed by atoms with E-state index in [0.29, 0.717) is 44.8 Å². The molecule has 0 saturated carbocycles. The largest absolute Gasteiger partial charge is 0.494 e. The third-order valence-electron chi connectivity index (χ3n) is 4.82. The molecule has 29 heavy (non-hydrogen) atoms. The lowest BCUT2D eigenvalue weighted by Gasteiger charge is -2.31. The van der Waals surface area contributed by atoms with Crippen molar-refractivity contribution in [2.45, 2.75) is 24.7 Å². The van der Waals surface area contributed by atoms with Gasteiger partial charge in [-0.15, -0.1) is 0 Å². The van der Waals surface area contributed by atoms with E-state index < -0.39 is 10.0 Å². The second-order valence-electron chi connectivity index (χ2n) is 6.83. The molecule has 8 nitrogen and oxygen atoms in total. The Kier molecular flexibility index (Phi) is 7.05. The second-order valence-corrected chi connectivity index (χ2v) is 8.77. The summed E-state index contributed by atoms with van der Waals surface area (Å²) >= 11 is 0. The predicted octanol–water partition coefficient (Wildman–Crippen LogP) is 2.70. The lowest BCUT2D eigenvalue weighted by Crippen LogP contribution is -2.42. The summed E-state index contributed by atoms with van der Waals surface area (Å²) in [6.07, 6.45) is 4.31. The lowest BCUT2D eigenvalue weighted by molar-refractivity contribution is 0.240. The molecule has 0 aliphatic carbocycles. The van der Waals surface area contributed by atoms with Crippen LogP contribution in [0.5, 0.6) is 5.75 Å². The number of sulfonamides is 1. The van der Waals surface area contributed by atoms with E-state index in [1.165, 1.54) is 10.5 Å².